The van der Waals surface area contributed by atoms with Gasteiger partial charge in [0.05, 0.1) is 10.6 Å². The maximum Gasteiger partial charge on any atom is 0.291 e. The number of ether oxygens (including phenoxy) is 1. The Morgan fingerprint density at radius 2 is 1.92 bits per heavy atom. The van der Waals surface area contributed by atoms with Gasteiger partial charge in [0.25, 0.3) is 24.4 Å². The van der Waals surface area contributed by atoms with Crippen LogP contribution in [0, 0.1) is 10.1 Å². The van der Waals surface area contributed by atoms with Crippen molar-refractivity contribution >= 4 is 11.6 Å². The second-order valence-corrected chi connectivity index (χ2v) is 4.86. The molecule has 1 unspecified atom stereocenters. The van der Waals surface area contributed by atoms with E-state index in [0.29, 0.717) is 0 Å². The summed E-state index contributed by atoms with van der Waals surface area (Å²) < 4.78 is 56.2. The van der Waals surface area contributed by atoms with Crippen LogP contribution in [0.1, 0.15) is 0 Å². The molecule has 1 atom stereocenters. The molecule has 136 valence electrons. The quantitative estimate of drug-likeness (QED) is 0.449. The summed E-state index contributed by atoms with van der Waals surface area (Å²) in [6, 6.07) is 4.48. The van der Waals surface area contributed by atoms with Crippen molar-refractivity contribution in [3.63, 3.8) is 0 Å². The molecule has 25 heavy (non-hydrogen) atoms. The predicted octanol–water partition coefficient (Wildman–Crippen LogP) is 1.42. The molecule has 0 bridgehead atoms. The first kappa shape index (κ1) is 18.4. The largest absolute Gasteiger partial charge is 0.484 e. The number of aliphatic hydroxyl groups is 1. The second kappa shape index (κ2) is 6.93. The molecule has 12 heteroatoms. The van der Waals surface area contributed by atoms with Gasteiger partial charge in [0, 0.05) is 18.2 Å². The summed E-state index contributed by atoms with van der Waals surface area (Å²) in [5.74, 6) is -1.26. The van der Waals surface area contributed by atoms with E-state index in [1.807, 2.05) is 0 Å². The monoisotopic (exact) mass is 365 g/mol. The van der Waals surface area contributed by atoms with Crippen LogP contribution in [0.2, 0.25) is 0 Å². The molecule has 0 aliphatic carbocycles. The summed E-state index contributed by atoms with van der Waals surface area (Å²) in [5, 5.41) is 20.2. The fourth-order valence-electron chi connectivity index (χ4n) is 1.95. The van der Waals surface area contributed by atoms with Crippen molar-refractivity contribution in [3.8, 4) is 5.75 Å². The Bertz CT molecular complexity index is 697. The molecule has 1 aliphatic heterocycles. The highest BCUT2D eigenvalue weighted by molar-refractivity contribution is 5.79. The number of benzene rings is 1. The van der Waals surface area contributed by atoms with Gasteiger partial charge in [-0.15, -0.1) is 0 Å². The Morgan fingerprint density at radius 1 is 1.32 bits per heavy atom. The number of rotatable bonds is 6. The number of alkyl halides is 4. The number of amides is 1. The Hall–Kier alpha value is -2.89. The lowest BCUT2D eigenvalue weighted by Crippen LogP contribution is -2.58. The molecular weight excluding hydrogens is 354 g/mol. The Balaban J connectivity index is 2.06. The standard InChI is InChI=1S/C13H11F4N3O5/c14-11(15)9-5-13(22,12(16)17)19(18-9)10(21)6-25-8-3-1-7(2-4-8)20(23)24/h1-5,11-12,18,22H,6H2. The third kappa shape index (κ3) is 3.79. The number of non-ortho nitro benzene ring substituents is 1. The number of hydrazine groups is 1. The van der Waals surface area contributed by atoms with Crippen LogP contribution in [0.3, 0.4) is 0 Å². The molecule has 2 rings (SSSR count). The topological polar surface area (TPSA) is 105 Å². The van der Waals surface area contributed by atoms with Crippen molar-refractivity contribution < 1.29 is 37.1 Å². The molecule has 1 aliphatic rings. The highest BCUT2D eigenvalue weighted by Crippen LogP contribution is 2.30. The van der Waals surface area contributed by atoms with Gasteiger partial charge in [0.15, 0.2) is 6.61 Å². The van der Waals surface area contributed by atoms with Crippen LogP contribution in [0.4, 0.5) is 23.2 Å². The van der Waals surface area contributed by atoms with Gasteiger partial charge in [0.2, 0.25) is 5.72 Å². The minimum Gasteiger partial charge on any atom is -0.484 e. The fraction of sp³-hybridized carbons (Fsp3) is 0.308. The molecule has 2 N–H and O–H groups in total. The van der Waals surface area contributed by atoms with Crippen molar-refractivity contribution in [2.24, 2.45) is 0 Å². The Kier molecular flexibility index (Phi) is 5.11. The van der Waals surface area contributed by atoms with Crippen LogP contribution < -0.4 is 10.2 Å². The second-order valence-electron chi connectivity index (χ2n) is 4.86. The van der Waals surface area contributed by atoms with Crippen molar-refractivity contribution in [1.82, 2.24) is 10.4 Å². The van der Waals surface area contributed by atoms with Crippen LogP contribution in [0.15, 0.2) is 36.0 Å². The lowest BCUT2D eigenvalue weighted by atomic mass is 10.2. The maximum atomic E-state index is 13.0. The fourth-order valence-corrected chi connectivity index (χ4v) is 1.95. The number of nitrogens with zero attached hydrogens (tertiary/aromatic N) is 2. The summed E-state index contributed by atoms with van der Waals surface area (Å²) in [5.41, 5.74) is -2.82. The molecule has 8 nitrogen and oxygen atoms in total. The molecule has 0 fully saturated rings. The molecular formula is C13H11F4N3O5. The zero-order chi connectivity index (χ0) is 18.8. The number of nitrogens with one attached hydrogen (secondary N) is 1. The lowest BCUT2D eigenvalue weighted by Gasteiger charge is -2.31. The number of allylic oxidation sites excluding steroid dienone is 1. The highest BCUT2D eigenvalue weighted by Gasteiger charge is 2.50. The molecule has 1 aromatic carbocycles. The highest BCUT2D eigenvalue weighted by atomic mass is 19.3. The Morgan fingerprint density at radius 3 is 2.40 bits per heavy atom. The Labute approximate surface area is 137 Å². The van der Waals surface area contributed by atoms with E-state index in [-0.39, 0.29) is 22.5 Å². The van der Waals surface area contributed by atoms with Gasteiger partial charge in [0.1, 0.15) is 5.75 Å². The van der Waals surface area contributed by atoms with E-state index < -0.39 is 41.7 Å². The number of halogens is 4. The summed E-state index contributed by atoms with van der Waals surface area (Å²) in [6.07, 6.45) is -6.61. The van der Waals surface area contributed by atoms with E-state index >= 15 is 0 Å². The van der Waals surface area contributed by atoms with Gasteiger partial charge >= 0.3 is 0 Å². The lowest BCUT2D eigenvalue weighted by molar-refractivity contribution is -0.384. The number of nitro groups is 1. The van der Waals surface area contributed by atoms with Crippen molar-refractivity contribution in [2.75, 3.05) is 6.61 Å². The molecule has 1 heterocycles. The number of carbonyl (C=O) groups is 1. The van der Waals surface area contributed by atoms with Crippen LogP contribution in [0.5, 0.6) is 5.75 Å². The normalized spacial score (nSPS) is 19.8. The number of hydrogen-bond acceptors (Lipinski definition) is 6. The SMILES string of the molecule is O=C(COc1ccc([N+](=O)[O-])cc1)N1NC(C(F)F)=CC1(O)C(F)F. The van der Waals surface area contributed by atoms with E-state index in [1.54, 1.807) is 5.43 Å². The smallest absolute Gasteiger partial charge is 0.291 e. The van der Waals surface area contributed by atoms with Gasteiger partial charge in [-0.2, -0.15) is 0 Å². The average molecular weight is 365 g/mol. The van der Waals surface area contributed by atoms with Crippen LogP contribution in [-0.2, 0) is 4.79 Å². The third-order valence-electron chi connectivity index (χ3n) is 3.18. The first-order valence-corrected chi connectivity index (χ1v) is 6.63. The maximum absolute atomic E-state index is 13.0. The molecule has 0 aromatic heterocycles. The summed E-state index contributed by atoms with van der Waals surface area (Å²) in [4.78, 5) is 21.8. The molecule has 1 aromatic rings. The first-order valence-electron chi connectivity index (χ1n) is 6.63. The summed E-state index contributed by atoms with van der Waals surface area (Å²) in [6.45, 7) is -0.885. The van der Waals surface area contributed by atoms with E-state index in [9.17, 15) is 37.6 Å². The zero-order valence-corrected chi connectivity index (χ0v) is 12.2. The van der Waals surface area contributed by atoms with Gasteiger partial charge < -0.3 is 9.84 Å². The van der Waals surface area contributed by atoms with Gasteiger partial charge in [-0.05, 0) is 12.1 Å². The van der Waals surface area contributed by atoms with Crippen LogP contribution in [-0.4, -0.2) is 46.1 Å². The molecule has 0 spiro atoms. The van der Waals surface area contributed by atoms with Crippen LogP contribution in [0.25, 0.3) is 0 Å². The number of carbonyl (C=O) groups excluding carboxylic acids is 1. The molecule has 1 amide bonds. The third-order valence-corrected chi connectivity index (χ3v) is 3.18. The van der Waals surface area contributed by atoms with Crippen molar-refractivity contribution in [1.29, 1.82) is 0 Å². The number of hydrogen-bond donors (Lipinski definition) is 2. The van der Waals surface area contributed by atoms with Crippen molar-refractivity contribution in [3.05, 3.63) is 46.2 Å². The van der Waals surface area contributed by atoms with E-state index in [1.165, 1.54) is 0 Å². The average Bonchev–Trinajstić information content (AvgIpc) is 2.92. The van der Waals surface area contributed by atoms with Gasteiger partial charge in [-0.3, -0.25) is 20.3 Å². The minimum atomic E-state index is -3.56. The first-order chi connectivity index (χ1) is 11.6. The molecule has 0 radical (unpaired) electrons. The van der Waals surface area contributed by atoms with E-state index in [2.05, 4.69) is 0 Å². The van der Waals surface area contributed by atoms with Crippen LogP contribution >= 0.6 is 0 Å². The zero-order valence-electron chi connectivity index (χ0n) is 12.2. The summed E-state index contributed by atoms with van der Waals surface area (Å²) in [7, 11) is 0. The predicted molar refractivity (Wildman–Crippen MR) is 73.6 cm³/mol. The summed E-state index contributed by atoms with van der Waals surface area (Å²) >= 11 is 0. The molecule has 0 saturated heterocycles. The number of nitro benzene ring substituents is 1. The van der Waals surface area contributed by atoms with Gasteiger partial charge in [-0.1, -0.05) is 0 Å². The van der Waals surface area contributed by atoms with Crippen molar-refractivity contribution in [2.45, 2.75) is 18.6 Å². The van der Waals surface area contributed by atoms with Gasteiger partial charge in [-0.25, -0.2) is 22.6 Å². The van der Waals surface area contributed by atoms with E-state index in [4.69, 9.17) is 4.74 Å². The van der Waals surface area contributed by atoms with E-state index in [0.717, 1.165) is 24.3 Å². The molecule has 0 saturated carbocycles. The minimum absolute atomic E-state index is 0.000718.